The van der Waals surface area contributed by atoms with E-state index < -0.39 is 20.0 Å². The third kappa shape index (κ3) is 4.70. The summed E-state index contributed by atoms with van der Waals surface area (Å²) in [6, 6.07) is 8.50. The number of ether oxygens (including phenoxy) is 2. The molecule has 2 heterocycles. The molecule has 1 N–H and O–H groups in total. The minimum atomic E-state index is -4.10. The predicted octanol–water partition coefficient (Wildman–Crippen LogP) is 2.30. The zero-order valence-corrected chi connectivity index (χ0v) is 21.1. The number of hydrogen-bond donors (Lipinski definition) is 1. The molecule has 10 nitrogen and oxygen atoms in total. The maximum atomic E-state index is 13.2. The molecule has 1 fully saturated rings. The molecule has 13 heteroatoms. The first-order valence-corrected chi connectivity index (χ1v) is 14.3. The Balaban J connectivity index is 1.69. The SMILES string of the molecule is CCCn1c(=O)sc2cc(S(=O)(=O)Nc3cc(S(=O)(=O)N4CCOCC4)ccc3OC)ccc21. The van der Waals surface area contributed by atoms with Gasteiger partial charge in [0.2, 0.25) is 10.0 Å². The summed E-state index contributed by atoms with van der Waals surface area (Å²) in [6.45, 7) is 3.53. The highest BCUT2D eigenvalue weighted by atomic mass is 32.2. The van der Waals surface area contributed by atoms with Gasteiger partial charge in [-0.05, 0) is 42.8 Å². The van der Waals surface area contributed by atoms with Gasteiger partial charge >= 0.3 is 4.87 Å². The number of anilines is 1. The Hall–Kier alpha value is -2.45. The summed E-state index contributed by atoms with van der Waals surface area (Å²) in [4.78, 5) is 12.0. The van der Waals surface area contributed by atoms with Crippen LogP contribution < -0.4 is 14.3 Å². The topological polar surface area (TPSA) is 124 Å². The molecule has 0 radical (unpaired) electrons. The Bertz CT molecular complexity index is 1470. The van der Waals surface area contributed by atoms with Crippen LogP contribution in [0.3, 0.4) is 0 Å². The molecule has 0 aliphatic carbocycles. The smallest absolute Gasteiger partial charge is 0.308 e. The molecule has 184 valence electrons. The average Bonchev–Trinajstić information content (AvgIpc) is 3.14. The molecule has 1 saturated heterocycles. The first-order chi connectivity index (χ1) is 16.2. The standard InChI is InChI=1S/C21H25N3O7S3/c1-3-8-24-18-6-4-15(14-20(18)32-21(24)25)33(26,27)22-17-13-16(5-7-19(17)30-2)34(28,29)23-9-11-31-12-10-23/h4-7,13-14,22H,3,8-12H2,1-2H3. The van der Waals surface area contributed by atoms with Gasteiger partial charge < -0.3 is 9.47 Å². The fourth-order valence-electron chi connectivity index (χ4n) is 3.72. The molecule has 2 aromatic carbocycles. The molecule has 34 heavy (non-hydrogen) atoms. The number of hydrogen-bond acceptors (Lipinski definition) is 8. The number of aromatic nitrogens is 1. The van der Waals surface area contributed by atoms with Crippen molar-refractivity contribution in [2.24, 2.45) is 0 Å². The summed E-state index contributed by atoms with van der Waals surface area (Å²) >= 11 is 0.980. The maximum absolute atomic E-state index is 13.2. The third-order valence-corrected chi connectivity index (χ3v) is 9.62. The van der Waals surface area contributed by atoms with E-state index in [1.54, 1.807) is 10.6 Å². The van der Waals surface area contributed by atoms with Gasteiger partial charge in [0, 0.05) is 19.6 Å². The summed E-state index contributed by atoms with van der Waals surface area (Å²) in [5.74, 6) is 0.171. The Kier molecular flexibility index (Phi) is 7.01. The predicted molar refractivity (Wildman–Crippen MR) is 130 cm³/mol. The molecule has 4 rings (SSSR count). The second kappa shape index (κ2) is 9.66. The molecular weight excluding hydrogens is 502 g/mol. The van der Waals surface area contributed by atoms with E-state index in [1.807, 2.05) is 6.92 Å². The first-order valence-electron chi connectivity index (χ1n) is 10.6. The molecule has 0 atom stereocenters. The number of methoxy groups -OCH3 is 1. The lowest BCUT2D eigenvalue weighted by molar-refractivity contribution is 0.0730. The number of aryl methyl sites for hydroxylation is 1. The lowest BCUT2D eigenvalue weighted by Gasteiger charge is -2.26. The molecule has 3 aromatic rings. The van der Waals surface area contributed by atoms with Crippen LogP contribution in [0.1, 0.15) is 13.3 Å². The van der Waals surface area contributed by atoms with Crippen molar-refractivity contribution in [3.63, 3.8) is 0 Å². The van der Waals surface area contributed by atoms with Crippen LogP contribution in [0, 0.1) is 0 Å². The van der Waals surface area contributed by atoms with Crippen LogP contribution in [0.25, 0.3) is 10.2 Å². The lowest BCUT2D eigenvalue weighted by Crippen LogP contribution is -2.40. The van der Waals surface area contributed by atoms with E-state index >= 15 is 0 Å². The molecule has 1 aliphatic heterocycles. The van der Waals surface area contributed by atoms with Crippen molar-refractivity contribution < 1.29 is 26.3 Å². The Morgan fingerprint density at radius 3 is 2.44 bits per heavy atom. The summed E-state index contributed by atoms with van der Waals surface area (Å²) in [7, 11) is -6.58. The molecule has 0 saturated carbocycles. The number of morpholine rings is 1. The minimum absolute atomic E-state index is 0.00586. The molecule has 1 aliphatic rings. The lowest BCUT2D eigenvalue weighted by atomic mass is 10.3. The number of benzene rings is 2. The molecule has 0 spiro atoms. The Labute approximate surface area is 201 Å². The van der Waals surface area contributed by atoms with Gasteiger partial charge in [-0.2, -0.15) is 4.31 Å². The highest BCUT2D eigenvalue weighted by Gasteiger charge is 2.28. The van der Waals surface area contributed by atoms with Gasteiger partial charge in [-0.25, -0.2) is 16.8 Å². The molecule has 1 aromatic heterocycles. The number of rotatable bonds is 8. The van der Waals surface area contributed by atoms with Crippen LogP contribution in [0.5, 0.6) is 5.75 Å². The third-order valence-electron chi connectivity index (χ3n) is 5.42. The molecule has 0 bridgehead atoms. The van der Waals surface area contributed by atoms with E-state index in [1.165, 1.54) is 41.7 Å². The van der Waals surface area contributed by atoms with E-state index in [9.17, 15) is 21.6 Å². The zero-order chi connectivity index (χ0) is 24.5. The Morgan fingerprint density at radius 1 is 1.06 bits per heavy atom. The number of sulfonamides is 2. The average molecular weight is 528 g/mol. The largest absolute Gasteiger partial charge is 0.495 e. The monoisotopic (exact) mass is 527 g/mol. The number of thiazole rings is 1. The van der Waals surface area contributed by atoms with Crippen LogP contribution in [-0.4, -0.2) is 59.1 Å². The quantitative estimate of drug-likeness (QED) is 0.477. The van der Waals surface area contributed by atoms with E-state index in [2.05, 4.69) is 4.72 Å². The van der Waals surface area contributed by atoms with E-state index in [0.29, 0.717) is 30.0 Å². The summed E-state index contributed by atoms with van der Waals surface area (Å²) in [5, 5.41) is 0. The summed E-state index contributed by atoms with van der Waals surface area (Å²) in [6.07, 6.45) is 0.775. The second-order valence-electron chi connectivity index (χ2n) is 7.63. The van der Waals surface area contributed by atoms with Crippen LogP contribution >= 0.6 is 11.3 Å². The van der Waals surface area contributed by atoms with Gasteiger partial charge in [0.15, 0.2) is 0 Å². The van der Waals surface area contributed by atoms with Crippen molar-refractivity contribution in [2.75, 3.05) is 38.1 Å². The molecular formula is C21H25N3O7S3. The number of fused-ring (bicyclic) bond motifs is 1. The summed E-state index contributed by atoms with van der Waals surface area (Å²) < 4.78 is 68.8. The van der Waals surface area contributed by atoms with Crippen molar-refractivity contribution >= 4 is 47.3 Å². The van der Waals surface area contributed by atoms with Gasteiger partial charge in [-0.1, -0.05) is 18.3 Å². The van der Waals surface area contributed by atoms with Crippen molar-refractivity contribution in [1.82, 2.24) is 8.87 Å². The van der Waals surface area contributed by atoms with E-state index in [4.69, 9.17) is 9.47 Å². The zero-order valence-electron chi connectivity index (χ0n) is 18.7. The van der Waals surface area contributed by atoms with Gasteiger partial charge in [0.1, 0.15) is 5.75 Å². The van der Waals surface area contributed by atoms with Gasteiger partial charge in [0.25, 0.3) is 10.0 Å². The maximum Gasteiger partial charge on any atom is 0.308 e. The fraction of sp³-hybridized carbons (Fsp3) is 0.381. The van der Waals surface area contributed by atoms with Crippen molar-refractivity contribution in [3.05, 3.63) is 46.1 Å². The van der Waals surface area contributed by atoms with Crippen LogP contribution in [0.4, 0.5) is 5.69 Å². The van der Waals surface area contributed by atoms with Crippen molar-refractivity contribution in [1.29, 1.82) is 0 Å². The van der Waals surface area contributed by atoms with Crippen molar-refractivity contribution in [2.45, 2.75) is 29.7 Å². The second-order valence-corrected chi connectivity index (χ2v) is 12.2. The number of nitrogens with zero attached hydrogens (tertiary/aromatic N) is 2. The van der Waals surface area contributed by atoms with E-state index in [0.717, 1.165) is 17.8 Å². The summed E-state index contributed by atoms with van der Waals surface area (Å²) in [5.41, 5.74) is 0.667. The van der Waals surface area contributed by atoms with Crippen LogP contribution in [0.2, 0.25) is 0 Å². The van der Waals surface area contributed by atoms with Crippen LogP contribution in [-0.2, 0) is 31.3 Å². The van der Waals surface area contributed by atoms with Gasteiger partial charge in [-0.15, -0.1) is 0 Å². The van der Waals surface area contributed by atoms with Crippen molar-refractivity contribution in [3.8, 4) is 5.75 Å². The van der Waals surface area contributed by atoms with Gasteiger partial charge in [0.05, 0.1) is 46.0 Å². The number of nitrogens with one attached hydrogen (secondary N) is 1. The molecule has 0 unspecified atom stereocenters. The minimum Gasteiger partial charge on any atom is -0.495 e. The Morgan fingerprint density at radius 2 is 1.76 bits per heavy atom. The van der Waals surface area contributed by atoms with Crippen LogP contribution in [0.15, 0.2) is 51.0 Å². The van der Waals surface area contributed by atoms with Gasteiger partial charge in [-0.3, -0.25) is 14.1 Å². The normalized spacial score (nSPS) is 15.5. The first kappa shape index (κ1) is 24.7. The highest BCUT2D eigenvalue weighted by molar-refractivity contribution is 7.92. The molecule has 0 amide bonds. The van der Waals surface area contributed by atoms with E-state index in [-0.39, 0.29) is 39.2 Å². The fourth-order valence-corrected chi connectivity index (χ4v) is 7.27. The highest BCUT2D eigenvalue weighted by Crippen LogP contribution is 2.32.